The Balaban J connectivity index is 2.60. The first-order valence-electron chi connectivity index (χ1n) is 3.67. The first-order valence-corrected chi connectivity index (χ1v) is 4.82. The second-order valence-electron chi connectivity index (χ2n) is 2.28. The van der Waals surface area contributed by atoms with Gasteiger partial charge in [-0.15, -0.1) is 0 Å². The largest absolute Gasteiger partial charge is 0.381 e. The normalized spacial score (nSPS) is 12.9. The fourth-order valence-corrected chi connectivity index (χ4v) is 1.19. The Kier molecular flexibility index (Phi) is 4.37. The SMILES string of the molecule is Nc1nc(C(CF)ON=CC(=O)Cl)ns1. The van der Waals surface area contributed by atoms with E-state index in [1.54, 1.807) is 0 Å². The number of oxime groups is 1. The summed E-state index contributed by atoms with van der Waals surface area (Å²) in [5.41, 5.74) is 5.30. The summed E-state index contributed by atoms with van der Waals surface area (Å²) >= 11 is 5.86. The van der Waals surface area contributed by atoms with Crippen LogP contribution in [0, 0.1) is 0 Å². The summed E-state index contributed by atoms with van der Waals surface area (Å²) in [5, 5.41) is 2.54. The molecule has 1 atom stereocenters. The molecule has 0 fully saturated rings. The smallest absolute Gasteiger partial charge is 0.266 e. The third-order valence-corrected chi connectivity index (χ3v) is 1.88. The van der Waals surface area contributed by atoms with Gasteiger partial charge in [0.15, 0.2) is 11.0 Å². The van der Waals surface area contributed by atoms with Crippen LogP contribution in [0.2, 0.25) is 0 Å². The lowest BCUT2D eigenvalue weighted by Gasteiger charge is -2.05. The number of carbonyl (C=O) groups is 1. The Morgan fingerprint density at radius 1 is 1.87 bits per heavy atom. The maximum Gasteiger partial charge on any atom is 0.266 e. The third-order valence-electron chi connectivity index (χ3n) is 1.23. The molecule has 1 aromatic rings. The highest BCUT2D eigenvalue weighted by molar-refractivity contribution is 7.09. The number of nitrogen functional groups attached to an aromatic ring is 1. The van der Waals surface area contributed by atoms with Crippen LogP contribution in [0.15, 0.2) is 5.16 Å². The van der Waals surface area contributed by atoms with E-state index in [-0.39, 0.29) is 11.0 Å². The molecule has 15 heavy (non-hydrogen) atoms. The number of anilines is 1. The van der Waals surface area contributed by atoms with E-state index in [2.05, 4.69) is 19.4 Å². The lowest BCUT2D eigenvalue weighted by molar-refractivity contribution is -0.106. The van der Waals surface area contributed by atoms with Crippen molar-refractivity contribution in [2.45, 2.75) is 6.10 Å². The van der Waals surface area contributed by atoms with Gasteiger partial charge in [0.2, 0.25) is 6.10 Å². The van der Waals surface area contributed by atoms with Crippen LogP contribution in [-0.2, 0) is 9.63 Å². The molecule has 0 aliphatic rings. The minimum absolute atomic E-state index is 0.0826. The van der Waals surface area contributed by atoms with E-state index >= 15 is 0 Å². The molecule has 6 nitrogen and oxygen atoms in total. The molecule has 0 aromatic carbocycles. The monoisotopic (exact) mass is 252 g/mol. The number of aromatic nitrogens is 2. The van der Waals surface area contributed by atoms with Crippen molar-refractivity contribution in [1.82, 2.24) is 9.36 Å². The van der Waals surface area contributed by atoms with Crippen molar-refractivity contribution < 1.29 is 14.0 Å². The van der Waals surface area contributed by atoms with Crippen molar-refractivity contribution in [3.8, 4) is 0 Å². The highest BCUT2D eigenvalue weighted by Gasteiger charge is 2.18. The molecule has 9 heteroatoms. The first kappa shape index (κ1) is 11.8. The zero-order valence-electron chi connectivity index (χ0n) is 7.26. The predicted octanol–water partition coefficient (Wildman–Crippen LogP) is 0.899. The van der Waals surface area contributed by atoms with E-state index in [0.717, 1.165) is 11.5 Å². The average Bonchev–Trinajstić information content (AvgIpc) is 2.59. The molecule has 1 heterocycles. The fourth-order valence-electron chi connectivity index (χ4n) is 0.668. The van der Waals surface area contributed by atoms with Gasteiger partial charge in [-0.25, -0.2) is 4.39 Å². The summed E-state index contributed by atoms with van der Waals surface area (Å²) < 4.78 is 16.2. The number of alkyl halides is 1. The van der Waals surface area contributed by atoms with Gasteiger partial charge in [0, 0.05) is 11.5 Å². The van der Waals surface area contributed by atoms with E-state index in [1.165, 1.54) is 0 Å². The van der Waals surface area contributed by atoms with Gasteiger partial charge < -0.3 is 10.6 Å². The van der Waals surface area contributed by atoms with E-state index in [4.69, 9.17) is 17.3 Å². The molecule has 0 radical (unpaired) electrons. The molecule has 0 amide bonds. The third kappa shape index (κ3) is 3.76. The maximum atomic E-state index is 12.4. The van der Waals surface area contributed by atoms with Gasteiger partial charge in [0.1, 0.15) is 12.9 Å². The number of halogens is 2. The van der Waals surface area contributed by atoms with Gasteiger partial charge in [-0.2, -0.15) is 9.36 Å². The van der Waals surface area contributed by atoms with E-state index in [1.807, 2.05) is 0 Å². The van der Waals surface area contributed by atoms with Crippen LogP contribution in [-0.4, -0.2) is 27.5 Å². The van der Waals surface area contributed by atoms with Crippen LogP contribution in [0.1, 0.15) is 11.9 Å². The lowest BCUT2D eigenvalue weighted by atomic mass is 10.4. The fraction of sp³-hybridized carbons (Fsp3) is 0.333. The molecule has 2 N–H and O–H groups in total. The minimum Gasteiger partial charge on any atom is -0.381 e. The van der Waals surface area contributed by atoms with Gasteiger partial charge >= 0.3 is 0 Å². The van der Waals surface area contributed by atoms with E-state index in [9.17, 15) is 9.18 Å². The van der Waals surface area contributed by atoms with Crippen molar-refractivity contribution in [2.75, 3.05) is 12.4 Å². The van der Waals surface area contributed by atoms with Crippen molar-refractivity contribution in [3.63, 3.8) is 0 Å². The molecular weight excluding hydrogens is 247 g/mol. The molecule has 0 bridgehead atoms. The molecule has 1 rings (SSSR count). The van der Waals surface area contributed by atoms with Crippen molar-refractivity contribution in [2.24, 2.45) is 5.16 Å². The van der Waals surface area contributed by atoms with Crippen LogP contribution in [0.3, 0.4) is 0 Å². The summed E-state index contributed by atoms with van der Waals surface area (Å²) in [6, 6.07) is 0. The van der Waals surface area contributed by atoms with Crippen LogP contribution in [0.5, 0.6) is 0 Å². The molecule has 0 spiro atoms. The Morgan fingerprint density at radius 2 is 2.60 bits per heavy atom. The van der Waals surface area contributed by atoms with Gasteiger partial charge in [0.05, 0.1) is 0 Å². The van der Waals surface area contributed by atoms with Crippen molar-refractivity contribution in [1.29, 1.82) is 0 Å². The Hall–Kier alpha value is -1.28. The van der Waals surface area contributed by atoms with Gasteiger partial charge in [-0.3, -0.25) is 4.79 Å². The summed E-state index contributed by atoms with van der Waals surface area (Å²) in [6.07, 6.45) is -0.370. The Bertz CT molecular complexity index is 372. The summed E-state index contributed by atoms with van der Waals surface area (Å²) in [4.78, 5) is 18.6. The zero-order valence-corrected chi connectivity index (χ0v) is 8.83. The highest BCUT2D eigenvalue weighted by atomic mass is 35.5. The average molecular weight is 253 g/mol. The quantitative estimate of drug-likeness (QED) is 0.478. The van der Waals surface area contributed by atoms with Crippen LogP contribution in [0.4, 0.5) is 9.52 Å². The second kappa shape index (κ2) is 5.56. The molecule has 0 saturated carbocycles. The van der Waals surface area contributed by atoms with E-state index in [0.29, 0.717) is 6.21 Å². The maximum absolute atomic E-state index is 12.4. The lowest BCUT2D eigenvalue weighted by Crippen LogP contribution is -2.06. The molecule has 1 unspecified atom stereocenters. The molecular formula is C6H6ClFN4O2S. The number of nitrogens with zero attached hydrogens (tertiary/aromatic N) is 3. The molecule has 1 aromatic heterocycles. The van der Waals surface area contributed by atoms with Gasteiger partial charge in [-0.1, -0.05) is 5.16 Å². The zero-order chi connectivity index (χ0) is 11.3. The second-order valence-corrected chi connectivity index (χ2v) is 3.43. The predicted molar refractivity (Wildman–Crippen MR) is 53.5 cm³/mol. The van der Waals surface area contributed by atoms with Crippen LogP contribution in [0.25, 0.3) is 0 Å². The number of hydrogen-bond acceptors (Lipinski definition) is 7. The Labute approximate surface area is 93.0 Å². The van der Waals surface area contributed by atoms with Crippen LogP contribution < -0.4 is 5.73 Å². The van der Waals surface area contributed by atoms with Gasteiger partial charge in [0.25, 0.3) is 5.24 Å². The molecule has 0 saturated heterocycles. The first-order chi connectivity index (χ1) is 7.13. The van der Waals surface area contributed by atoms with Crippen LogP contribution >= 0.6 is 23.1 Å². The minimum atomic E-state index is -1.08. The Morgan fingerprint density at radius 3 is 3.07 bits per heavy atom. The topological polar surface area (TPSA) is 90.5 Å². The van der Waals surface area contributed by atoms with Crippen molar-refractivity contribution in [3.05, 3.63) is 5.82 Å². The molecule has 0 aliphatic carbocycles. The number of nitrogens with two attached hydrogens (primary N) is 1. The summed E-state index contributed by atoms with van der Waals surface area (Å²) in [6.45, 7) is -0.885. The number of carbonyl (C=O) groups excluding carboxylic acids is 1. The standard InChI is InChI=1S/C6H6ClFN4O2S/c7-4(13)2-10-14-3(1-8)5-11-6(9)15-12-5/h2-3H,1H2,(H2,9,11,12). The molecule has 0 aliphatic heterocycles. The number of hydrogen-bond donors (Lipinski definition) is 1. The molecule has 82 valence electrons. The summed E-state index contributed by atoms with van der Waals surface area (Å²) in [5.74, 6) is 0.0826. The van der Waals surface area contributed by atoms with Crippen molar-refractivity contribution >= 4 is 39.7 Å². The summed E-state index contributed by atoms with van der Waals surface area (Å²) in [7, 11) is 0. The van der Waals surface area contributed by atoms with Gasteiger partial charge in [-0.05, 0) is 11.6 Å². The highest BCUT2D eigenvalue weighted by Crippen LogP contribution is 2.18. The van der Waals surface area contributed by atoms with E-state index < -0.39 is 18.0 Å². The number of rotatable bonds is 5.